The van der Waals surface area contributed by atoms with Crippen molar-refractivity contribution in [2.75, 3.05) is 7.05 Å². The Morgan fingerprint density at radius 2 is 1.62 bits per heavy atom. The quantitative estimate of drug-likeness (QED) is 0.581. The van der Waals surface area contributed by atoms with Crippen LogP contribution in [0.25, 0.3) is 5.69 Å². The van der Waals surface area contributed by atoms with E-state index < -0.39 is 0 Å². The number of carbonyl (C=O) groups excluding carboxylic acids is 1. The maximum Gasteiger partial charge on any atom is 0.257 e. The van der Waals surface area contributed by atoms with E-state index >= 15 is 0 Å². The summed E-state index contributed by atoms with van der Waals surface area (Å²) < 4.78 is 3.73. The summed E-state index contributed by atoms with van der Waals surface area (Å²) in [6, 6.07) is 15.7. The molecule has 24 heavy (non-hydrogen) atoms. The van der Waals surface area contributed by atoms with E-state index in [4.69, 9.17) is 0 Å². The van der Waals surface area contributed by atoms with Gasteiger partial charge in [-0.3, -0.25) is 4.79 Å². The first-order chi connectivity index (χ1) is 11.5. The molecule has 0 saturated carbocycles. The molecule has 0 aliphatic rings. The highest BCUT2D eigenvalue weighted by Gasteiger charge is 2.14. The summed E-state index contributed by atoms with van der Waals surface area (Å²) in [4.78, 5) is 14.3. The van der Waals surface area contributed by atoms with Crippen molar-refractivity contribution in [3.63, 3.8) is 0 Å². The molecular weight excluding hydrogens is 434 g/mol. The molecule has 1 aromatic heterocycles. The number of hydrogen-bond donors (Lipinski definition) is 0. The lowest BCUT2D eigenvalue weighted by Crippen LogP contribution is -2.25. The normalized spacial score (nSPS) is 10.6. The molecule has 3 rings (SSSR count). The predicted octanol–water partition coefficient (Wildman–Crippen LogP) is 4.67. The van der Waals surface area contributed by atoms with Crippen LogP contribution in [0.2, 0.25) is 0 Å². The van der Waals surface area contributed by atoms with E-state index in [0.29, 0.717) is 12.1 Å². The summed E-state index contributed by atoms with van der Waals surface area (Å²) in [6.07, 6.45) is 3.35. The number of benzene rings is 2. The molecular formula is C18H15Br2N3O. The van der Waals surface area contributed by atoms with Crippen LogP contribution in [0.15, 0.2) is 69.9 Å². The van der Waals surface area contributed by atoms with Crippen LogP contribution in [0.1, 0.15) is 15.9 Å². The Morgan fingerprint density at radius 3 is 2.25 bits per heavy atom. The zero-order chi connectivity index (χ0) is 17.1. The first kappa shape index (κ1) is 16.9. The summed E-state index contributed by atoms with van der Waals surface area (Å²) >= 11 is 6.82. The van der Waals surface area contributed by atoms with E-state index in [1.54, 1.807) is 29.0 Å². The molecule has 0 saturated heterocycles. The highest BCUT2D eigenvalue weighted by atomic mass is 79.9. The van der Waals surface area contributed by atoms with Crippen LogP contribution in [0, 0.1) is 0 Å². The molecule has 0 aliphatic carbocycles. The van der Waals surface area contributed by atoms with Crippen LogP contribution < -0.4 is 0 Å². The van der Waals surface area contributed by atoms with Crippen molar-refractivity contribution in [1.29, 1.82) is 0 Å². The van der Waals surface area contributed by atoms with Gasteiger partial charge < -0.3 is 4.90 Å². The highest BCUT2D eigenvalue weighted by Crippen LogP contribution is 2.16. The molecule has 1 amide bonds. The molecule has 0 unspecified atom stereocenters. The highest BCUT2D eigenvalue weighted by molar-refractivity contribution is 9.10. The Balaban J connectivity index is 1.73. The van der Waals surface area contributed by atoms with Gasteiger partial charge in [0.1, 0.15) is 0 Å². The van der Waals surface area contributed by atoms with Crippen molar-refractivity contribution in [2.24, 2.45) is 0 Å². The molecule has 0 N–H and O–H groups in total. The lowest BCUT2D eigenvalue weighted by molar-refractivity contribution is 0.0785. The second-order valence-corrected chi connectivity index (χ2v) is 7.27. The Morgan fingerprint density at radius 1 is 1.04 bits per heavy atom. The monoisotopic (exact) mass is 447 g/mol. The zero-order valence-electron chi connectivity index (χ0n) is 13.0. The van der Waals surface area contributed by atoms with Crippen molar-refractivity contribution < 1.29 is 4.79 Å². The molecule has 0 atom stereocenters. The summed E-state index contributed by atoms with van der Waals surface area (Å²) in [5.74, 6) is -0.0544. The topological polar surface area (TPSA) is 38.1 Å². The third-order valence-electron chi connectivity index (χ3n) is 3.60. The molecule has 1 heterocycles. The summed E-state index contributed by atoms with van der Waals surface area (Å²) in [5.41, 5.74) is 2.56. The molecule has 6 heteroatoms. The molecule has 0 bridgehead atoms. The Bertz CT molecular complexity index is 841. The Hall–Kier alpha value is -1.92. The summed E-state index contributed by atoms with van der Waals surface area (Å²) in [6.45, 7) is 0.551. The molecule has 4 nitrogen and oxygen atoms in total. The average Bonchev–Trinajstić information content (AvgIpc) is 3.07. The average molecular weight is 449 g/mol. The molecule has 2 aromatic carbocycles. The minimum atomic E-state index is -0.0544. The van der Waals surface area contributed by atoms with Gasteiger partial charge in [0.2, 0.25) is 0 Å². The van der Waals surface area contributed by atoms with E-state index in [0.717, 1.165) is 20.2 Å². The number of hydrogen-bond acceptors (Lipinski definition) is 2. The van der Waals surface area contributed by atoms with Crippen LogP contribution in [-0.4, -0.2) is 27.6 Å². The van der Waals surface area contributed by atoms with Gasteiger partial charge in [-0.15, -0.1) is 0 Å². The summed E-state index contributed by atoms with van der Waals surface area (Å²) in [7, 11) is 1.79. The minimum Gasteiger partial charge on any atom is -0.337 e. The third kappa shape index (κ3) is 3.94. The molecule has 0 spiro atoms. The van der Waals surface area contributed by atoms with Gasteiger partial charge in [-0.2, -0.15) is 5.10 Å². The third-order valence-corrected chi connectivity index (χ3v) is 4.66. The minimum absolute atomic E-state index is 0.0544. The van der Waals surface area contributed by atoms with Gasteiger partial charge in [0.05, 0.1) is 17.4 Å². The lowest BCUT2D eigenvalue weighted by Gasteiger charge is -2.16. The second kappa shape index (κ2) is 7.32. The van der Waals surface area contributed by atoms with E-state index in [9.17, 15) is 4.79 Å². The van der Waals surface area contributed by atoms with E-state index in [-0.39, 0.29) is 5.91 Å². The Labute approximate surface area is 157 Å². The zero-order valence-corrected chi connectivity index (χ0v) is 16.2. The van der Waals surface area contributed by atoms with Crippen molar-refractivity contribution in [3.05, 3.63) is 81.0 Å². The predicted molar refractivity (Wildman–Crippen MR) is 101 cm³/mol. The molecule has 0 radical (unpaired) electrons. The number of rotatable bonds is 4. The fourth-order valence-corrected chi connectivity index (χ4v) is 2.85. The van der Waals surface area contributed by atoms with Crippen LogP contribution in [-0.2, 0) is 6.54 Å². The molecule has 0 aliphatic heterocycles. The van der Waals surface area contributed by atoms with Gasteiger partial charge >= 0.3 is 0 Å². The largest absolute Gasteiger partial charge is 0.337 e. The van der Waals surface area contributed by atoms with Crippen LogP contribution >= 0.6 is 31.9 Å². The van der Waals surface area contributed by atoms with Crippen molar-refractivity contribution in [1.82, 2.24) is 14.7 Å². The lowest BCUT2D eigenvalue weighted by atomic mass is 10.2. The maximum atomic E-state index is 12.6. The number of nitrogens with zero attached hydrogens (tertiary/aromatic N) is 3. The van der Waals surface area contributed by atoms with E-state index in [1.807, 2.05) is 48.5 Å². The van der Waals surface area contributed by atoms with Crippen molar-refractivity contribution in [3.8, 4) is 5.69 Å². The smallest absolute Gasteiger partial charge is 0.257 e. The number of carbonyl (C=O) groups is 1. The second-order valence-electron chi connectivity index (χ2n) is 5.44. The molecule has 0 fully saturated rings. The molecule has 122 valence electrons. The first-order valence-corrected chi connectivity index (χ1v) is 8.92. The van der Waals surface area contributed by atoms with E-state index in [2.05, 4.69) is 37.0 Å². The number of amides is 1. The standard InChI is InChI=1S/C18H15Br2N3O/c1-22(11-13-2-4-15(19)5-3-13)18(24)14-10-21-23(12-14)17-8-6-16(20)7-9-17/h2-10,12H,11H2,1H3. The van der Waals surface area contributed by atoms with Gasteiger partial charge in [-0.05, 0) is 42.0 Å². The molecule has 3 aromatic rings. The first-order valence-electron chi connectivity index (χ1n) is 7.33. The Kier molecular flexibility index (Phi) is 5.16. The fraction of sp³-hybridized carbons (Fsp3) is 0.111. The van der Waals surface area contributed by atoms with Gasteiger partial charge in [-0.1, -0.05) is 44.0 Å². The summed E-state index contributed by atoms with van der Waals surface area (Å²) in [5, 5.41) is 4.29. The van der Waals surface area contributed by atoms with Crippen molar-refractivity contribution in [2.45, 2.75) is 6.54 Å². The number of aromatic nitrogens is 2. The van der Waals surface area contributed by atoms with Gasteiger partial charge in [-0.25, -0.2) is 4.68 Å². The van der Waals surface area contributed by atoms with Gasteiger partial charge in [0, 0.05) is 28.7 Å². The van der Waals surface area contributed by atoms with E-state index in [1.165, 1.54) is 0 Å². The van der Waals surface area contributed by atoms with Crippen molar-refractivity contribution >= 4 is 37.8 Å². The fourth-order valence-electron chi connectivity index (χ4n) is 2.32. The van der Waals surface area contributed by atoms with Crippen LogP contribution in [0.4, 0.5) is 0 Å². The van der Waals surface area contributed by atoms with Crippen LogP contribution in [0.5, 0.6) is 0 Å². The number of halogens is 2. The van der Waals surface area contributed by atoms with Gasteiger partial charge in [0.25, 0.3) is 5.91 Å². The van der Waals surface area contributed by atoms with Gasteiger partial charge in [0.15, 0.2) is 0 Å². The van der Waals surface area contributed by atoms with Crippen LogP contribution in [0.3, 0.4) is 0 Å². The maximum absolute atomic E-state index is 12.6. The SMILES string of the molecule is CN(Cc1ccc(Br)cc1)C(=O)c1cnn(-c2ccc(Br)cc2)c1.